The maximum Gasteiger partial charge on any atom is 0.445 e. The van der Waals surface area contributed by atoms with E-state index in [0.29, 0.717) is 12.8 Å². The molecular formula is C17H17ClF3NO3. The number of anilines is 1. The molecule has 1 aromatic carbocycles. The lowest BCUT2D eigenvalue weighted by Crippen LogP contribution is -2.49. The van der Waals surface area contributed by atoms with Crippen LogP contribution in [0.2, 0.25) is 5.02 Å². The van der Waals surface area contributed by atoms with Crippen molar-refractivity contribution in [2.75, 3.05) is 11.9 Å². The molecule has 1 aliphatic heterocycles. The van der Waals surface area contributed by atoms with Crippen LogP contribution in [0.25, 0.3) is 0 Å². The van der Waals surface area contributed by atoms with Crippen LogP contribution >= 0.6 is 11.6 Å². The average Bonchev–Trinajstić information content (AvgIpc) is 2.53. The summed E-state index contributed by atoms with van der Waals surface area (Å²) in [5.74, 6) is 4.59. The smallest absolute Gasteiger partial charge is 0.415 e. The number of cyclic esters (lactones) is 1. The zero-order valence-electron chi connectivity index (χ0n) is 13.3. The molecule has 136 valence electrons. The van der Waals surface area contributed by atoms with Gasteiger partial charge < -0.3 is 9.84 Å². The lowest BCUT2D eigenvalue weighted by Gasteiger charge is -2.35. The van der Waals surface area contributed by atoms with Crippen LogP contribution in [0.1, 0.15) is 37.7 Å². The topological polar surface area (TPSA) is 58.6 Å². The lowest BCUT2D eigenvalue weighted by atomic mass is 9.90. The number of hydrogen-bond donors (Lipinski definition) is 2. The molecule has 1 aliphatic rings. The number of alkyl halides is 3. The van der Waals surface area contributed by atoms with Crippen LogP contribution < -0.4 is 5.32 Å². The number of rotatable bonds is 5. The molecule has 0 bridgehead atoms. The molecule has 0 saturated heterocycles. The molecule has 0 saturated carbocycles. The highest BCUT2D eigenvalue weighted by Crippen LogP contribution is 2.47. The average molecular weight is 376 g/mol. The standard InChI is InChI=1S/C17H17ClF3NO3/c18-12-7-8-14-13(11-12)16(17(19,20)21,25-15(24)22-14)9-5-3-1-2-4-6-10-23/h7-8,11,23H,1-4,6,10H2,(H,22,24). The third kappa shape index (κ3) is 4.39. The fourth-order valence-corrected chi connectivity index (χ4v) is 2.66. The molecule has 25 heavy (non-hydrogen) atoms. The molecule has 2 N–H and O–H groups in total. The van der Waals surface area contributed by atoms with E-state index in [2.05, 4.69) is 21.9 Å². The van der Waals surface area contributed by atoms with E-state index in [1.54, 1.807) is 0 Å². The second kappa shape index (κ2) is 7.98. The van der Waals surface area contributed by atoms with E-state index in [1.807, 2.05) is 0 Å². The van der Waals surface area contributed by atoms with Gasteiger partial charge in [0.15, 0.2) is 0 Å². The Kier molecular flexibility index (Phi) is 6.20. The van der Waals surface area contributed by atoms with Gasteiger partial charge in [-0.1, -0.05) is 30.4 Å². The van der Waals surface area contributed by atoms with Gasteiger partial charge in [-0.2, -0.15) is 13.2 Å². The summed E-state index contributed by atoms with van der Waals surface area (Å²) in [6, 6.07) is 3.76. The number of halogens is 4. The largest absolute Gasteiger partial charge is 0.445 e. The van der Waals surface area contributed by atoms with E-state index in [-0.39, 0.29) is 29.3 Å². The van der Waals surface area contributed by atoms with Gasteiger partial charge in [0.2, 0.25) is 0 Å². The predicted molar refractivity (Wildman–Crippen MR) is 87.2 cm³/mol. The number of benzene rings is 1. The maximum atomic E-state index is 13.8. The molecule has 1 heterocycles. The molecular weight excluding hydrogens is 359 g/mol. The van der Waals surface area contributed by atoms with Crippen molar-refractivity contribution < 1.29 is 27.8 Å². The predicted octanol–water partition coefficient (Wildman–Crippen LogP) is 4.61. The van der Waals surface area contributed by atoms with Crippen molar-refractivity contribution in [3.05, 3.63) is 28.8 Å². The Labute approximate surface area is 148 Å². The first kappa shape index (κ1) is 19.4. The minimum Gasteiger partial charge on any atom is -0.415 e. The number of aliphatic hydroxyl groups excluding tert-OH is 1. The fourth-order valence-electron chi connectivity index (χ4n) is 2.49. The summed E-state index contributed by atoms with van der Waals surface area (Å²) in [5.41, 5.74) is -3.41. The first-order valence-electron chi connectivity index (χ1n) is 7.78. The highest BCUT2D eigenvalue weighted by molar-refractivity contribution is 6.30. The fraction of sp³-hybridized carbons (Fsp3) is 0.471. The van der Waals surface area contributed by atoms with Crippen molar-refractivity contribution in [1.82, 2.24) is 0 Å². The summed E-state index contributed by atoms with van der Waals surface area (Å²) in [6.45, 7) is 0.0867. The van der Waals surface area contributed by atoms with Crippen molar-refractivity contribution in [2.45, 2.75) is 43.9 Å². The molecule has 0 radical (unpaired) electrons. The quantitative estimate of drug-likeness (QED) is 0.584. The second-order valence-electron chi connectivity index (χ2n) is 5.57. The molecule has 2 rings (SSSR count). The van der Waals surface area contributed by atoms with Crippen LogP contribution in [0, 0.1) is 11.8 Å². The van der Waals surface area contributed by atoms with Gasteiger partial charge in [0, 0.05) is 23.6 Å². The van der Waals surface area contributed by atoms with E-state index in [1.165, 1.54) is 12.1 Å². The third-order valence-corrected chi connectivity index (χ3v) is 3.95. The summed E-state index contributed by atoms with van der Waals surface area (Å²) in [7, 11) is 0. The number of amides is 1. The van der Waals surface area contributed by atoms with E-state index in [0.717, 1.165) is 18.9 Å². The third-order valence-electron chi connectivity index (χ3n) is 3.72. The van der Waals surface area contributed by atoms with Crippen LogP contribution in [0.3, 0.4) is 0 Å². The zero-order valence-corrected chi connectivity index (χ0v) is 14.0. The first-order chi connectivity index (χ1) is 11.8. The molecule has 0 spiro atoms. The number of fused-ring (bicyclic) bond motifs is 1. The number of carbonyl (C=O) groups is 1. The van der Waals surface area contributed by atoms with E-state index >= 15 is 0 Å². The Morgan fingerprint density at radius 2 is 1.96 bits per heavy atom. The Hall–Kier alpha value is -1.91. The Morgan fingerprint density at radius 3 is 2.64 bits per heavy atom. The van der Waals surface area contributed by atoms with Crippen molar-refractivity contribution >= 4 is 23.4 Å². The van der Waals surface area contributed by atoms with E-state index < -0.39 is 17.9 Å². The minimum absolute atomic E-state index is 0.0322. The molecule has 1 unspecified atom stereocenters. The van der Waals surface area contributed by atoms with Gasteiger partial charge in [-0.25, -0.2) is 4.79 Å². The van der Waals surface area contributed by atoms with Gasteiger partial charge >= 0.3 is 12.3 Å². The SMILES string of the molecule is O=C1Nc2ccc(Cl)cc2C(C#CCCCCCCO)(C(F)(F)F)O1. The number of ether oxygens (including phenoxy) is 1. The summed E-state index contributed by atoms with van der Waals surface area (Å²) in [5, 5.41) is 11.0. The van der Waals surface area contributed by atoms with Crippen LogP contribution in [0.15, 0.2) is 18.2 Å². The molecule has 8 heteroatoms. The van der Waals surface area contributed by atoms with Crippen molar-refractivity contribution in [1.29, 1.82) is 0 Å². The zero-order chi connectivity index (χ0) is 18.5. The Balaban J connectivity index is 2.31. The van der Waals surface area contributed by atoms with Crippen molar-refractivity contribution in [2.24, 2.45) is 0 Å². The molecule has 1 amide bonds. The van der Waals surface area contributed by atoms with Gasteiger partial charge in [0.05, 0.1) is 5.69 Å². The maximum absolute atomic E-state index is 13.8. The van der Waals surface area contributed by atoms with E-state index in [9.17, 15) is 18.0 Å². The molecule has 0 fully saturated rings. The summed E-state index contributed by atoms with van der Waals surface area (Å²) >= 11 is 5.82. The Bertz CT molecular complexity index is 697. The van der Waals surface area contributed by atoms with Crippen molar-refractivity contribution in [3.8, 4) is 11.8 Å². The van der Waals surface area contributed by atoms with Gasteiger partial charge in [0.1, 0.15) is 0 Å². The Morgan fingerprint density at radius 1 is 1.24 bits per heavy atom. The molecule has 0 aromatic heterocycles. The highest BCUT2D eigenvalue weighted by Gasteiger charge is 2.61. The van der Waals surface area contributed by atoms with Crippen LogP contribution in [0.5, 0.6) is 0 Å². The first-order valence-corrected chi connectivity index (χ1v) is 8.15. The molecule has 0 aliphatic carbocycles. The molecule has 4 nitrogen and oxygen atoms in total. The highest BCUT2D eigenvalue weighted by atomic mass is 35.5. The summed E-state index contributed by atoms with van der Waals surface area (Å²) in [6.07, 6.45) is -3.15. The van der Waals surface area contributed by atoms with Crippen LogP contribution in [0.4, 0.5) is 23.7 Å². The van der Waals surface area contributed by atoms with Gasteiger partial charge in [-0.3, -0.25) is 5.32 Å². The minimum atomic E-state index is -4.92. The normalized spacial score (nSPS) is 19.3. The van der Waals surface area contributed by atoms with Gasteiger partial charge in [-0.05, 0) is 37.0 Å². The van der Waals surface area contributed by atoms with Gasteiger partial charge in [-0.15, -0.1) is 0 Å². The monoisotopic (exact) mass is 375 g/mol. The van der Waals surface area contributed by atoms with Crippen LogP contribution in [-0.2, 0) is 10.3 Å². The molecule has 1 aromatic rings. The van der Waals surface area contributed by atoms with E-state index in [4.69, 9.17) is 16.7 Å². The summed E-state index contributed by atoms with van der Waals surface area (Å²) < 4.78 is 46.0. The second-order valence-corrected chi connectivity index (χ2v) is 6.01. The summed E-state index contributed by atoms with van der Waals surface area (Å²) in [4.78, 5) is 11.6. The number of unbranched alkanes of at least 4 members (excludes halogenated alkanes) is 4. The number of hydrogen-bond acceptors (Lipinski definition) is 3. The number of carbonyl (C=O) groups excluding carboxylic acids is 1. The number of aliphatic hydroxyl groups is 1. The number of nitrogens with one attached hydrogen (secondary N) is 1. The van der Waals surface area contributed by atoms with Crippen LogP contribution in [-0.4, -0.2) is 24.0 Å². The van der Waals surface area contributed by atoms with Gasteiger partial charge in [0.25, 0.3) is 5.60 Å². The van der Waals surface area contributed by atoms with Crippen molar-refractivity contribution in [3.63, 3.8) is 0 Å². The molecule has 1 atom stereocenters. The lowest BCUT2D eigenvalue weighted by molar-refractivity contribution is -0.239.